The van der Waals surface area contributed by atoms with Gasteiger partial charge in [-0.15, -0.1) is 0 Å². The summed E-state index contributed by atoms with van der Waals surface area (Å²) in [5.74, 6) is 0.0376. The molecule has 0 saturated carbocycles. The molecule has 1 fully saturated rings. The zero-order valence-electron chi connectivity index (χ0n) is 21.2. The minimum Gasteiger partial charge on any atom is -0.374 e. The largest absolute Gasteiger partial charge is 0.374 e. The molecule has 2 unspecified atom stereocenters. The molecule has 10 heteroatoms. The van der Waals surface area contributed by atoms with Crippen LogP contribution in [0.1, 0.15) is 29.8 Å². The lowest BCUT2D eigenvalue weighted by molar-refractivity contribution is -0.146. The van der Waals surface area contributed by atoms with E-state index in [1.807, 2.05) is 67.6 Å². The van der Waals surface area contributed by atoms with E-state index >= 15 is 0 Å². The Morgan fingerprint density at radius 3 is 2.32 bits per heavy atom. The summed E-state index contributed by atoms with van der Waals surface area (Å²) >= 11 is 0. The van der Waals surface area contributed by atoms with E-state index in [-0.39, 0.29) is 12.6 Å². The van der Waals surface area contributed by atoms with E-state index in [0.29, 0.717) is 18.8 Å². The fraction of sp³-hybridized carbons (Fsp3) is 0.370. The number of hydrogen-bond acceptors (Lipinski definition) is 6. The second kappa shape index (κ2) is 11.5. The SMILES string of the molecule is CNC(=N)NC1C(OCc2ccccc2)[C@@](C)(COCc2ccccc2)O[C@H]1n1cc(C)c(=O)[nH]c1=O. The van der Waals surface area contributed by atoms with Crippen LogP contribution in [0.5, 0.6) is 0 Å². The van der Waals surface area contributed by atoms with Gasteiger partial charge in [0.25, 0.3) is 5.56 Å². The minimum absolute atomic E-state index is 0.0376. The summed E-state index contributed by atoms with van der Waals surface area (Å²) in [6.07, 6.45) is -0.0434. The smallest absolute Gasteiger partial charge is 0.330 e. The maximum Gasteiger partial charge on any atom is 0.330 e. The first-order chi connectivity index (χ1) is 17.8. The number of aryl methyl sites for hydroxylation is 1. The summed E-state index contributed by atoms with van der Waals surface area (Å²) in [5.41, 5.74) is 0.279. The van der Waals surface area contributed by atoms with Crippen LogP contribution >= 0.6 is 0 Å². The van der Waals surface area contributed by atoms with Gasteiger partial charge in [-0.2, -0.15) is 0 Å². The van der Waals surface area contributed by atoms with Gasteiger partial charge in [-0.3, -0.25) is 19.8 Å². The average molecular weight is 508 g/mol. The monoisotopic (exact) mass is 507 g/mol. The van der Waals surface area contributed by atoms with Crippen LogP contribution in [0, 0.1) is 12.3 Å². The van der Waals surface area contributed by atoms with Crippen LogP contribution in [0.3, 0.4) is 0 Å². The van der Waals surface area contributed by atoms with Crippen molar-refractivity contribution in [2.45, 2.75) is 51.0 Å². The van der Waals surface area contributed by atoms with E-state index < -0.39 is 35.2 Å². The van der Waals surface area contributed by atoms with Crippen molar-refractivity contribution in [3.63, 3.8) is 0 Å². The second-order valence-electron chi connectivity index (χ2n) is 9.29. The molecule has 1 aliphatic rings. The fourth-order valence-electron chi connectivity index (χ4n) is 4.44. The van der Waals surface area contributed by atoms with Crippen molar-refractivity contribution in [3.8, 4) is 0 Å². The number of guanidine groups is 1. The molecular weight excluding hydrogens is 474 g/mol. The van der Waals surface area contributed by atoms with Crippen molar-refractivity contribution in [2.24, 2.45) is 0 Å². The van der Waals surface area contributed by atoms with Gasteiger partial charge in [0.1, 0.15) is 17.7 Å². The highest BCUT2D eigenvalue weighted by atomic mass is 16.6. The number of H-pyrrole nitrogens is 1. The van der Waals surface area contributed by atoms with E-state index in [1.165, 1.54) is 10.8 Å². The molecule has 4 N–H and O–H groups in total. The number of aromatic nitrogens is 2. The molecule has 0 aliphatic carbocycles. The van der Waals surface area contributed by atoms with Crippen LogP contribution < -0.4 is 21.9 Å². The molecule has 1 aliphatic heterocycles. The molecule has 1 aromatic heterocycles. The summed E-state index contributed by atoms with van der Waals surface area (Å²) < 4.78 is 20.4. The number of nitrogens with one attached hydrogen (secondary N) is 4. The van der Waals surface area contributed by atoms with Gasteiger partial charge in [-0.25, -0.2) is 4.79 Å². The number of nitrogens with zero attached hydrogens (tertiary/aromatic N) is 1. The van der Waals surface area contributed by atoms with E-state index in [0.717, 1.165) is 11.1 Å². The molecule has 0 spiro atoms. The molecule has 37 heavy (non-hydrogen) atoms. The number of hydrogen-bond donors (Lipinski definition) is 4. The molecule has 4 rings (SSSR count). The van der Waals surface area contributed by atoms with Crippen molar-refractivity contribution >= 4 is 5.96 Å². The van der Waals surface area contributed by atoms with Gasteiger partial charge in [0.05, 0.1) is 19.8 Å². The Labute approximate surface area is 215 Å². The Morgan fingerprint density at radius 1 is 1.08 bits per heavy atom. The third-order valence-corrected chi connectivity index (χ3v) is 6.38. The normalized spacial score (nSPS) is 23.1. The van der Waals surface area contributed by atoms with E-state index in [4.69, 9.17) is 19.6 Å². The first-order valence-corrected chi connectivity index (χ1v) is 12.1. The van der Waals surface area contributed by atoms with E-state index in [9.17, 15) is 9.59 Å². The molecule has 2 aromatic carbocycles. The van der Waals surface area contributed by atoms with Crippen molar-refractivity contribution in [1.82, 2.24) is 20.2 Å². The lowest BCUT2D eigenvalue weighted by Crippen LogP contribution is -2.54. The lowest BCUT2D eigenvalue weighted by Gasteiger charge is -2.32. The van der Waals surface area contributed by atoms with Crippen LogP contribution in [0.15, 0.2) is 76.4 Å². The second-order valence-corrected chi connectivity index (χ2v) is 9.29. The maximum absolute atomic E-state index is 12.8. The molecular formula is C27H33N5O5. The number of rotatable bonds is 9. The van der Waals surface area contributed by atoms with Gasteiger partial charge in [0.15, 0.2) is 12.2 Å². The van der Waals surface area contributed by atoms with Crippen molar-refractivity contribution < 1.29 is 14.2 Å². The molecule has 10 nitrogen and oxygen atoms in total. The molecule has 0 bridgehead atoms. The van der Waals surface area contributed by atoms with Crippen LogP contribution in [-0.2, 0) is 27.4 Å². The van der Waals surface area contributed by atoms with Crippen LogP contribution in [0.2, 0.25) is 0 Å². The van der Waals surface area contributed by atoms with E-state index in [2.05, 4.69) is 15.6 Å². The first-order valence-electron chi connectivity index (χ1n) is 12.1. The van der Waals surface area contributed by atoms with Gasteiger partial charge in [0.2, 0.25) is 0 Å². The van der Waals surface area contributed by atoms with Crippen LogP contribution in [-0.4, -0.2) is 46.9 Å². The zero-order valence-corrected chi connectivity index (χ0v) is 21.2. The summed E-state index contributed by atoms with van der Waals surface area (Å²) in [6.45, 7) is 4.32. The van der Waals surface area contributed by atoms with Crippen molar-refractivity contribution in [1.29, 1.82) is 5.41 Å². The average Bonchev–Trinajstić information content (AvgIpc) is 3.16. The molecule has 2 heterocycles. The van der Waals surface area contributed by atoms with Gasteiger partial charge in [0, 0.05) is 18.8 Å². The Morgan fingerprint density at radius 2 is 1.70 bits per heavy atom. The minimum atomic E-state index is -0.997. The van der Waals surface area contributed by atoms with Crippen LogP contribution in [0.4, 0.5) is 0 Å². The third kappa shape index (κ3) is 6.16. The molecule has 1 saturated heterocycles. The predicted octanol–water partition coefficient (Wildman–Crippen LogP) is 2.05. The third-order valence-electron chi connectivity index (χ3n) is 6.38. The summed E-state index contributed by atoms with van der Waals surface area (Å²) in [4.78, 5) is 27.2. The highest BCUT2D eigenvalue weighted by molar-refractivity contribution is 5.76. The zero-order chi connectivity index (χ0) is 26.4. The maximum atomic E-state index is 12.8. The fourth-order valence-corrected chi connectivity index (χ4v) is 4.44. The Hall–Kier alpha value is -3.73. The lowest BCUT2D eigenvalue weighted by atomic mass is 9.96. The molecule has 0 amide bonds. The topological polar surface area (TPSA) is 130 Å². The molecule has 4 atom stereocenters. The quantitative estimate of drug-likeness (QED) is 0.258. The summed E-state index contributed by atoms with van der Waals surface area (Å²) in [6, 6.07) is 18.9. The Kier molecular flexibility index (Phi) is 8.22. The Balaban J connectivity index is 1.67. The standard InChI is InChI=1S/C27H33N5O5/c1-18-14-32(26(34)31-23(18)33)24-21(30-25(28)29-3)22(36-16-20-12-8-5-9-13-20)27(2,37-24)17-35-15-19-10-6-4-7-11-19/h4-14,21-22,24H,15-17H2,1-3H3,(H3,28,29,30)(H,31,33,34)/t21?,22?,24-,27-/m1/s1. The van der Waals surface area contributed by atoms with Gasteiger partial charge >= 0.3 is 5.69 Å². The highest BCUT2D eigenvalue weighted by Crippen LogP contribution is 2.39. The summed E-state index contributed by atoms with van der Waals surface area (Å²) in [5, 5.41) is 14.1. The van der Waals surface area contributed by atoms with Gasteiger partial charge in [-0.1, -0.05) is 60.7 Å². The summed E-state index contributed by atoms with van der Waals surface area (Å²) in [7, 11) is 1.62. The molecule has 3 aromatic rings. The number of aromatic amines is 1. The Bertz CT molecular complexity index is 1310. The van der Waals surface area contributed by atoms with Crippen molar-refractivity contribution in [3.05, 3.63) is 104 Å². The van der Waals surface area contributed by atoms with Crippen LogP contribution in [0.25, 0.3) is 0 Å². The van der Waals surface area contributed by atoms with E-state index in [1.54, 1.807) is 14.0 Å². The van der Waals surface area contributed by atoms with Gasteiger partial charge in [-0.05, 0) is 25.0 Å². The predicted molar refractivity (Wildman–Crippen MR) is 139 cm³/mol. The molecule has 0 radical (unpaired) electrons. The van der Waals surface area contributed by atoms with Gasteiger partial charge < -0.3 is 24.8 Å². The molecule has 196 valence electrons. The van der Waals surface area contributed by atoms with Crippen molar-refractivity contribution in [2.75, 3.05) is 13.7 Å². The highest BCUT2D eigenvalue weighted by Gasteiger charge is 2.55. The first kappa shape index (κ1) is 26.3. The number of ether oxygens (including phenoxy) is 3. The number of benzene rings is 2.